The Kier molecular flexibility index (Phi) is 6.01. The summed E-state index contributed by atoms with van der Waals surface area (Å²) in [6, 6.07) is 15.5. The highest BCUT2D eigenvalue weighted by Gasteiger charge is 2.34. The van der Waals surface area contributed by atoms with E-state index < -0.39 is 0 Å². The van der Waals surface area contributed by atoms with Crippen molar-refractivity contribution >= 4 is 12.2 Å². The lowest BCUT2D eigenvalue weighted by molar-refractivity contribution is -0.947. The smallest absolute Gasteiger partial charge is 0.203 e. The maximum Gasteiger partial charge on any atom is 0.203 e. The van der Waals surface area contributed by atoms with E-state index in [4.69, 9.17) is 22.1 Å². The molecular weight excluding hydrogens is 399 g/mol. The summed E-state index contributed by atoms with van der Waals surface area (Å²) < 4.78 is 23.4. The van der Waals surface area contributed by atoms with Crippen LogP contribution in [0.1, 0.15) is 38.3 Å². The molecule has 4 rings (SSSR count). The molecule has 0 bridgehead atoms. The van der Waals surface area contributed by atoms with Gasteiger partial charge in [0, 0.05) is 30.0 Å². The Bertz CT molecular complexity index is 1050. The molecule has 1 aromatic heterocycles. The van der Waals surface area contributed by atoms with Crippen LogP contribution in [0.3, 0.4) is 0 Å². The second-order valence-electron chi connectivity index (χ2n) is 8.19. The third kappa shape index (κ3) is 4.47. The Labute approximate surface area is 181 Å². The summed E-state index contributed by atoms with van der Waals surface area (Å²) in [6.07, 6.45) is 2.42. The largest absolute Gasteiger partial charge is 0.497 e. The van der Waals surface area contributed by atoms with Crippen LogP contribution in [-0.4, -0.2) is 27.5 Å². The molecular formula is C23H28FN4OS+. The average Bonchev–Trinajstić information content (AvgIpc) is 3.53. The van der Waals surface area contributed by atoms with Gasteiger partial charge in [0.2, 0.25) is 4.77 Å². The molecule has 1 heterocycles. The van der Waals surface area contributed by atoms with Crippen molar-refractivity contribution in [3.8, 4) is 17.1 Å². The standard InChI is InChI=1S/C23H27FN4OS/c1-16(2)28-22(18-6-12-21(29-3)13-7-18)25-27(23(28)30)15-26(20-10-11-20)14-17-4-8-19(24)9-5-17/h4-9,12-13,16,20H,10-11,14-15H2,1-3H3/p+1. The van der Waals surface area contributed by atoms with Gasteiger partial charge in [-0.1, -0.05) is 12.1 Å². The molecule has 0 saturated heterocycles. The van der Waals surface area contributed by atoms with E-state index in [1.807, 2.05) is 41.1 Å². The SMILES string of the molecule is COc1ccc(-c2nn(C[NH+](Cc3ccc(F)cc3)C3CC3)c(=S)n2C(C)C)cc1. The van der Waals surface area contributed by atoms with Gasteiger partial charge in [-0.15, -0.1) is 5.10 Å². The molecule has 0 spiro atoms. The quantitative estimate of drug-likeness (QED) is 0.552. The molecule has 2 aromatic carbocycles. The van der Waals surface area contributed by atoms with E-state index in [2.05, 4.69) is 18.4 Å². The fourth-order valence-electron chi connectivity index (χ4n) is 3.80. The Morgan fingerprint density at radius 3 is 2.37 bits per heavy atom. The number of ether oxygens (including phenoxy) is 1. The van der Waals surface area contributed by atoms with Crippen LogP contribution in [0.2, 0.25) is 0 Å². The zero-order chi connectivity index (χ0) is 21.3. The van der Waals surface area contributed by atoms with E-state index >= 15 is 0 Å². The van der Waals surface area contributed by atoms with E-state index in [0.717, 1.165) is 34.0 Å². The zero-order valence-electron chi connectivity index (χ0n) is 17.6. The van der Waals surface area contributed by atoms with Crippen molar-refractivity contribution < 1.29 is 14.0 Å². The Hall–Kier alpha value is -2.51. The van der Waals surface area contributed by atoms with Crippen molar-refractivity contribution in [1.29, 1.82) is 0 Å². The number of benzene rings is 2. The van der Waals surface area contributed by atoms with Crippen molar-refractivity contribution in [2.75, 3.05) is 7.11 Å². The van der Waals surface area contributed by atoms with Gasteiger partial charge in [-0.2, -0.15) is 4.68 Å². The van der Waals surface area contributed by atoms with Crippen molar-refractivity contribution in [3.63, 3.8) is 0 Å². The van der Waals surface area contributed by atoms with E-state index in [0.29, 0.717) is 12.7 Å². The van der Waals surface area contributed by atoms with Gasteiger partial charge in [0.05, 0.1) is 13.2 Å². The third-order valence-corrected chi connectivity index (χ3v) is 5.99. The predicted octanol–water partition coefficient (Wildman–Crippen LogP) is 4.01. The van der Waals surface area contributed by atoms with E-state index in [-0.39, 0.29) is 11.9 Å². The lowest BCUT2D eigenvalue weighted by atomic mass is 10.2. The molecule has 1 aliphatic carbocycles. The van der Waals surface area contributed by atoms with E-state index in [9.17, 15) is 4.39 Å². The topological polar surface area (TPSA) is 36.4 Å². The monoisotopic (exact) mass is 427 g/mol. The number of methoxy groups -OCH3 is 1. The fraction of sp³-hybridized carbons (Fsp3) is 0.391. The van der Waals surface area contributed by atoms with Crippen LogP contribution in [-0.2, 0) is 13.2 Å². The highest BCUT2D eigenvalue weighted by Crippen LogP contribution is 2.24. The van der Waals surface area contributed by atoms with Crippen LogP contribution >= 0.6 is 12.2 Å². The average molecular weight is 428 g/mol. The maximum atomic E-state index is 13.3. The van der Waals surface area contributed by atoms with E-state index in [1.54, 1.807) is 7.11 Å². The van der Waals surface area contributed by atoms with Gasteiger partial charge in [0.1, 0.15) is 18.1 Å². The molecule has 0 aliphatic heterocycles. The summed E-state index contributed by atoms with van der Waals surface area (Å²) in [6.45, 7) is 5.78. The number of nitrogens with one attached hydrogen (secondary N) is 1. The molecule has 158 valence electrons. The number of aromatic nitrogens is 3. The Morgan fingerprint density at radius 2 is 1.80 bits per heavy atom. The van der Waals surface area contributed by atoms with Crippen LogP contribution in [0.5, 0.6) is 5.75 Å². The molecule has 1 aliphatic rings. The molecule has 1 unspecified atom stereocenters. The van der Waals surface area contributed by atoms with Crippen molar-refractivity contribution in [2.45, 2.75) is 52.0 Å². The lowest BCUT2D eigenvalue weighted by Crippen LogP contribution is -3.11. The van der Waals surface area contributed by atoms with Crippen LogP contribution in [0.15, 0.2) is 48.5 Å². The molecule has 1 saturated carbocycles. The third-order valence-electron chi connectivity index (χ3n) is 5.59. The molecule has 30 heavy (non-hydrogen) atoms. The van der Waals surface area contributed by atoms with Crippen LogP contribution in [0.25, 0.3) is 11.4 Å². The minimum Gasteiger partial charge on any atom is -0.497 e. The predicted molar refractivity (Wildman–Crippen MR) is 118 cm³/mol. The first-order valence-corrected chi connectivity index (χ1v) is 10.8. The fourth-order valence-corrected chi connectivity index (χ4v) is 4.21. The van der Waals surface area contributed by atoms with Gasteiger partial charge in [-0.05, 0) is 62.5 Å². The first kappa shape index (κ1) is 20.8. The minimum absolute atomic E-state index is 0.199. The Morgan fingerprint density at radius 1 is 1.13 bits per heavy atom. The molecule has 7 heteroatoms. The molecule has 1 atom stereocenters. The van der Waals surface area contributed by atoms with Gasteiger partial charge < -0.3 is 9.64 Å². The summed E-state index contributed by atoms with van der Waals surface area (Å²) in [5.74, 6) is 1.49. The van der Waals surface area contributed by atoms with Crippen LogP contribution < -0.4 is 9.64 Å². The molecule has 1 N–H and O–H groups in total. The second kappa shape index (κ2) is 8.70. The summed E-state index contributed by atoms with van der Waals surface area (Å²) in [5.41, 5.74) is 2.14. The van der Waals surface area contributed by atoms with Crippen molar-refractivity contribution in [2.24, 2.45) is 0 Å². The number of hydrogen-bond acceptors (Lipinski definition) is 3. The number of nitrogens with zero attached hydrogens (tertiary/aromatic N) is 3. The van der Waals surface area contributed by atoms with E-state index in [1.165, 1.54) is 29.9 Å². The first-order valence-electron chi connectivity index (χ1n) is 10.4. The number of halogens is 1. The van der Waals surface area contributed by atoms with Crippen LogP contribution in [0, 0.1) is 10.6 Å². The summed E-state index contributed by atoms with van der Waals surface area (Å²) >= 11 is 5.82. The molecule has 0 amide bonds. The number of rotatable bonds is 8. The molecule has 1 fully saturated rings. The lowest BCUT2D eigenvalue weighted by Gasteiger charge is -2.19. The number of quaternary nitrogens is 1. The second-order valence-corrected chi connectivity index (χ2v) is 8.56. The van der Waals surface area contributed by atoms with Crippen molar-refractivity contribution in [3.05, 3.63) is 64.7 Å². The highest BCUT2D eigenvalue weighted by atomic mass is 32.1. The highest BCUT2D eigenvalue weighted by molar-refractivity contribution is 7.71. The van der Waals surface area contributed by atoms with Crippen LogP contribution in [0.4, 0.5) is 4.39 Å². The minimum atomic E-state index is -0.200. The van der Waals surface area contributed by atoms with Crippen molar-refractivity contribution in [1.82, 2.24) is 14.3 Å². The zero-order valence-corrected chi connectivity index (χ0v) is 18.5. The Balaban J connectivity index is 1.64. The van der Waals surface area contributed by atoms with Gasteiger partial charge in [0.15, 0.2) is 12.5 Å². The normalized spacial score (nSPS) is 14.8. The molecule has 3 aromatic rings. The summed E-state index contributed by atoms with van der Waals surface area (Å²) in [7, 11) is 1.66. The summed E-state index contributed by atoms with van der Waals surface area (Å²) in [4.78, 5) is 1.41. The molecule has 5 nitrogen and oxygen atoms in total. The first-order chi connectivity index (χ1) is 14.5. The summed E-state index contributed by atoms with van der Waals surface area (Å²) in [5, 5.41) is 4.92. The number of hydrogen-bond donors (Lipinski definition) is 1. The molecule has 0 radical (unpaired) electrons. The van der Waals surface area contributed by atoms with Gasteiger partial charge in [-0.25, -0.2) is 4.39 Å². The van der Waals surface area contributed by atoms with Gasteiger partial charge >= 0.3 is 0 Å². The maximum absolute atomic E-state index is 13.3. The van der Waals surface area contributed by atoms with Gasteiger partial charge in [-0.3, -0.25) is 4.57 Å². The van der Waals surface area contributed by atoms with Gasteiger partial charge in [0.25, 0.3) is 0 Å².